The van der Waals surface area contributed by atoms with E-state index in [4.69, 9.17) is 15.9 Å². The van der Waals surface area contributed by atoms with Crippen LogP contribution >= 0.6 is 0 Å². The van der Waals surface area contributed by atoms with Gasteiger partial charge in [-0.05, 0) is 19.2 Å². The molecule has 0 aliphatic carbocycles. The van der Waals surface area contributed by atoms with Gasteiger partial charge in [0.2, 0.25) is 0 Å². The highest BCUT2D eigenvalue weighted by atomic mass is 16.5. The number of anilines is 1. The van der Waals surface area contributed by atoms with Crippen molar-refractivity contribution in [2.45, 2.75) is 0 Å². The Balaban J connectivity index is 2.50. The van der Waals surface area contributed by atoms with E-state index in [9.17, 15) is 9.59 Å². The van der Waals surface area contributed by atoms with Gasteiger partial charge in [0, 0.05) is 18.7 Å². The maximum Gasteiger partial charge on any atom is 0.339 e. The van der Waals surface area contributed by atoms with E-state index >= 15 is 0 Å². The van der Waals surface area contributed by atoms with Gasteiger partial charge in [0.15, 0.2) is 6.61 Å². The molecule has 1 aromatic carbocycles. The standard InChI is InChI=1S/C15H16N2O4/c1-4-10-7-13-12(8-11(10)15(19)20-3)17(6-5-16-2)14(18)9-21-13/h1,7-8,16H,5-6,9H2,2-3H3. The van der Waals surface area contributed by atoms with Crippen LogP contribution in [0.1, 0.15) is 15.9 Å². The molecule has 0 bridgehead atoms. The first-order valence-electron chi connectivity index (χ1n) is 6.43. The second-order valence-electron chi connectivity index (χ2n) is 4.44. The summed E-state index contributed by atoms with van der Waals surface area (Å²) in [5.74, 6) is 2.22. The number of rotatable bonds is 4. The SMILES string of the molecule is C#Cc1cc2c(cc1C(=O)OC)N(CCNC)C(=O)CO2. The highest BCUT2D eigenvalue weighted by Gasteiger charge is 2.27. The van der Waals surface area contributed by atoms with Crippen molar-refractivity contribution in [1.82, 2.24) is 5.32 Å². The van der Waals surface area contributed by atoms with Crippen molar-refractivity contribution in [3.63, 3.8) is 0 Å². The molecule has 6 nitrogen and oxygen atoms in total. The number of likely N-dealkylation sites (N-methyl/N-ethyl adjacent to an activating group) is 1. The molecule has 0 aromatic heterocycles. The first kappa shape index (κ1) is 14.9. The van der Waals surface area contributed by atoms with Gasteiger partial charge in [0.25, 0.3) is 5.91 Å². The minimum atomic E-state index is -0.544. The van der Waals surface area contributed by atoms with Crippen LogP contribution < -0.4 is 15.0 Å². The number of terminal acetylenes is 1. The average molecular weight is 288 g/mol. The topological polar surface area (TPSA) is 67.9 Å². The molecule has 0 unspecified atom stereocenters. The summed E-state index contributed by atoms with van der Waals surface area (Å²) >= 11 is 0. The normalized spacial score (nSPS) is 13.2. The first-order valence-corrected chi connectivity index (χ1v) is 6.43. The van der Waals surface area contributed by atoms with E-state index < -0.39 is 5.97 Å². The fourth-order valence-electron chi connectivity index (χ4n) is 2.11. The van der Waals surface area contributed by atoms with E-state index in [-0.39, 0.29) is 18.1 Å². The Morgan fingerprint density at radius 3 is 2.95 bits per heavy atom. The molecule has 6 heteroatoms. The zero-order chi connectivity index (χ0) is 15.4. The van der Waals surface area contributed by atoms with Crippen LogP contribution in [0.15, 0.2) is 12.1 Å². The van der Waals surface area contributed by atoms with Crippen LogP contribution in [0.4, 0.5) is 5.69 Å². The molecule has 2 rings (SSSR count). The van der Waals surface area contributed by atoms with Crippen molar-refractivity contribution >= 4 is 17.6 Å². The highest BCUT2D eigenvalue weighted by Crippen LogP contribution is 2.34. The number of fused-ring (bicyclic) bond motifs is 1. The van der Waals surface area contributed by atoms with Gasteiger partial charge in [0.05, 0.1) is 18.4 Å². The summed E-state index contributed by atoms with van der Waals surface area (Å²) in [5, 5.41) is 2.98. The lowest BCUT2D eigenvalue weighted by molar-refractivity contribution is -0.121. The summed E-state index contributed by atoms with van der Waals surface area (Å²) < 4.78 is 10.1. The predicted molar refractivity (Wildman–Crippen MR) is 77.5 cm³/mol. The monoisotopic (exact) mass is 288 g/mol. The van der Waals surface area contributed by atoms with Gasteiger partial charge in [-0.25, -0.2) is 4.79 Å². The van der Waals surface area contributed by atoms with Crippen LogP contribution in [0.25, 0.3) is 0 Å². The average Bonchev–Trinajstić information content (AvgIpc) is 2.52. The van der Waals surface area contributed by atoms with Gasteiger partial charge in [0.1, 0.15) is 5.75 Å². The molecule has 1 aliphatic rings. The van der Waals surface area contributed by atoms with Crippen molar-refractivity contribution in [3.8, 4) is 18.1 Å². The number of carbonyl (C=O) groups is 2. The lowest BCUT2D eigenvalue weighted by Crippen LogP contribution is -2.42. The number of nitrogens with one attached hydrogen (secondary N) is 1. The van der Waals surface area contributed by atoms with Crippen molar-refractivity contribution in [2.24, 2.45) is 0 Å². The third-order valence-corrected chi connectivity index (χ3v) is 3.19. The van der Waals surface area contributed by atoms with Crippen molar-refractivity contribution < 1.29 is 19.1 Å². The molecule has 1 aromatic rings. The molecule has 1 N–H and O–H groups in total. The summed E-state index contributed by atoms with van der Waals surface area (Å²) in [7, 11) is 3.08. The fourth-order valence-corrected chi connectivity index (χ4v) is 2.11. The third-order valence-electron chi connectivity index (χ3n) is 3.19. The number of methoxy groups -OCH3 is 1. The summed E-state index contributed by atoms with van der Waals surface area (Å²) in [6.07, 6.45) is 5.41. The molecule has 0 radical (unpaired) electrons. The Morgan fingerprint density at radius 2 is 2.33 bits per heavy atom. The zero-order valence-electron chi connectivity index (χ0n) is 11.9. The summed E-state index contributed by atoms with van der Waals surface area (Å²) in [6.45, 7) is 1.05. The van der Waals surface area contributed by atoms with Gasteiger partial charge in [-0.15, -0.1) is 6.42 Å². The molecular weight excluding hydrogens is 272 g/mol. The second kappa shape index (κ2) is 6.29. The number of amides is 1. The Kier molecular flexibility index (Phi) is 4.45. The van der Waals surface area contributed by atoms with Gasteiger partial charge in [-0.2, -0.15) is 0 Å². The van der Waals surface area contributed by atoms with E-state index in [0.29, 0.717) is 30.1 Å². The van der Waals surface area contributed by atoms with E-state index in [1.165, 1.54) is 7.11 Å². The van der Waals surface area contributed by atoms with Gasteiger partial charge >= 0.3 is 5.97 Å². The van der Waals surface area contributed by atoms with Gasteiger partial charge in [-0.3, -0.25) is 4.79 Å². The number of ether oxygens (including phenoxy) is 2. The lowest BCUT2D eigenvalue weighted by atomic mass is 10.0. The van der Waals surface area contributed by atoms with Crippen LogP contribution in [-0.4, -0.2) is 45.7 Å². The molecular formula is C15H16N2O4. The number of nitrogens with zero attached hydrogens (tertiary/aromatic N) is 1. The summed E-state index contributed by atoms with van der Waals surface area (Å²) in [4.78, 5) is 25.4. The quantitative estimate of drug-likeness (QED) is 0.641. The largest absolute Gasteiger partial charge is 0.482 e. The second-order valence-corrected chi connectivity index (χ2v) is 4.44. The molecule has 21 heavy (non-hydrogen) atoms. The zero-order valence-corrected chi connectivity index (χ0v) is 11.9. The predicted octanol–water partition coefficient (Wildman–Crippen LogP) is 0.399. The number of hydrogen-bond acceptors (Lipinski definition) is 5. The summed E-state index contributed by atoms with van der Waals surface area (Å²) in [6, 6.07) is 3.13. The minimum Gasteiger partial charge on any atom is -0.482 e. The van der Waals surface area contributed by atoms with Gasteiger partial charge < -0.3 is 19.7 Å². The highest BCUT2D eigenvalue weighted by molar-refractivity contribution is 6.01. The van der Waals surface area contributed by atoms with Crippen molar-refractivity contribution in [3.05, 3.63) is 23.3 Å². The lowest BCUT2D eigenvalue weighted by Gasteiger charge is -2.30. The number of carbonyl (C=O) groups excluding carboxylic acids is 2. The van der Waals surface area contributed by atoms with Crippen LogP contribution in [0, 0.1) is 12.3 Å². The molecule has 0 spiro atoms. The molecule has 0 saturated carbocycles. The molecule has 1 aliphatic heterocycles. The van der Waals surface area contributed by atoms with Crippen LogP contribution in [-0.2, 0) is 9.53 Å². The van der Waals surface area contributed by atoms with E-state index in [1.807, 2.05) is 0 Å². The van der Waals surface area contributed by atoms with Crippen molar-refractivity contribution in [2.75, 3.05) is 38.8 Å². The number of hydrogen-bond donors (Lipinski definition) is 1. The maximum atomic E-state index is 12.0. The Morgan fingerprint density at radius 1 is 1.57 bits per heavy atom. The Bertz CT molecular complexity index is 619. The minimum absolute atomic E-state index is 0.0434. The van der Waals surface area contributed by atoms with Crippen LogP contribution in [0.2, 0.25) is 0 Å². The Labute approximate surface area is 123 Å². The van der Waals surface area contributed by atoms with Crippen LogP contribution in [0.5, 0.6) is 5.75 Å². The molecule has 1 heterocycles. The van der Waals surface area contributed by atoms with E-state index in [1.54, 1.807) is 24.1 Å². The van der Waals surface area contributed by atoms with Gasteiger partial charge in [-0.1, -0.05) is 5.92 Å². The fraction of sp³-hybridized carbons (Fsp3) is 0.333. The first-order chi connectivity index (χ1) is 10.1. The Hall–Kier alpha value is -2.52. The van der Waals surface area contributed by atoms with Crippen molar-refractivity contribution in [1.29, 1.82) is 0 Å². The molecule has 0 fully saturated rings. The number of esters is 1. The maximum absolute atomic E-state index is 12.0. The molecule has 110 valence electrons. The smallest absolute Gasteiger partial charge is 0.339 e. The number of benzene rings is 1. The third kappa shape index (κ3) is 2.83. The van der Waals surface area contributed by atoms with Crippen LogP contribution in [0.3, 0.4) is 0 Å². The molecule has 0 atom stereocenters. The summed E-state index contributed by atoms with van der Waals surface area (Å²) in [5.41, 5.74) is 1.15. The van der Waals surface area contributed by atoms with E-state index in [0.717, 1.165) is 0 Å². The van der Waals surface area contributed by atoms with E-state index in [2.05, 4.69) is 11.2 Å². The molecule has 0 saturated heterocycles. The molecule has 1 amide bonds.